The van der Waals surface area contributed by atoms with Crippen LogP contribution in [0.15, 0.2) is 48.2 Å². The molecule has 0 aliphatic rings. The summed E-state index contributed by atoms with van der Waals surface area (Å²) >= 11 is 1.50. The Hall–Kier alpha value is -2.73. The minimum Gasteiger partial charge on any atom is -0.325 e. The Bertz CT molecular complexity index is 1060. The number of hydrogen-bond acceptors (Lipinski definition) is 4. The Morgan fingerprint density at radius 3 is 2.62 bits per heavy atom. The van der Waals surface area contributed by atoms with E-state index < -0.39 is 0 Å². The Kier molecular flexibility index (Phi) is 3.54. The molecule has 0 unspecified atom stereocenters. The van der Waals surface area contributed by atoms with Crippen molar-refractivity contribution in [3.8, 4) is 5.13 Å². The molecule has 1 aromatic carbocycles. The zero-order valence-corrected chi connectivity index (χ0v) is 14.3. The van der Waals surface area contributed by atoms with Crippen LogP contribution < -0.4 is 5.49 Å². The highest BCUT2D eigenvalue weighted by Crippen LogP contribution is 2.22. The van der Waals surface area contributed by atoms with E-state index in [0.717, 1.165) is 34.0 Å². The van der Waals surface area contributed by atoms with Crippen molar-refractivity contribution in [2.45, 2.75) is 20.4 Å². The molecule has 24 heavy (non-hydrogen) atoms. The van der Waals surface area contributed by atoms with Gasteiger partial charge in [0.1, 0.15) is 17.5 Å². The van der Waals surface area contributed by atoms with Crippen LogP contribution in [0.25, 0.3) is 16.2 Å². The minimum atomic E-state index is 0.433. The highest BCUT2D eigenvalue weighted by atomic mass is 32.1. The first kappa shape index (κ1) is 14.8. The number of thiazole rings is 1. The van der Waals surface area contributed by atoms with Gasteiger partial charge >= 0.3 is 0 Å². The van der Waals surface area contributed by atoms with Crippen LogP contribution in [-0.4, -0.2) is 19.1 Å². The second-order valence-corrected chi connectivity index (χ2v) is 6.63. The van der Waals surface area contributed by atoms with Gasteiger partial charge < -0.3 is 4.57 Å². The molecule has 6 heteroatoms. The van der Waals surface area contributed by atoms with E-state index in [9.17, 15) is 0 Å². The maximum absolute atomic E-state index is 8.62. The zero-order chi connectivity index (χ0) is 16.7. The predicted molar refractivity (Wildman–Crippen MR) is 95.6 cm³/mol. The number of aromatic nitrogens is 4. The molecule has 0 spiro atoms. The van der Waals surface area contributed by atoms with Gasteiger partial charge in [0.2, 0.25) is 0 Å². The van der Waals surface area contributed by atoms with Crippen LogP contribution in [0.4, 0.5) is 0 Å². The summed E-state index contributed by atoms with van der Waals surface area (Å²) in [4.78, 5) is 8.94. The van der Waals surface area contributed by atoms with Gasteiger partial charge in [-0.05, 0) is 25.0 Å². The summed E-state index contributed by atoms with van der Waals surface area (Å²) in [5.74, 6) is 0. The van der Waals surface area contributed by atoms with E-state index in [4.69, 9.17) is 5.41 Å². The highest BCUT2D eigenvalue weighted by molar-refractivity contribution is 7.12. The molecule has 5 nitrogen and oxygen atoms in total. The first-order valence-electron chi connectivity index (χ1n) is 7.72. The Morgan fingerprint density at radius 1 is 1.12 bits per heavy atom. The molecule has 120 valence electrons. The summed E-state index contributed by atoms with van der Waals surface area (Å²) in [7, 11) is 0. The molecule has 0 amide bonds. The van der Waals surface area contributed by atoms with Crippen LogP contribution in [0.5, 0.6) is 0 Å². The van der Waals surface area contributed by atoms with Crippen molar-refractivity contribution in [2.24, 2.45) is 0 Å². The molecule has 0 aliphatic heterocycles. The number of nitrogens with one attached hydrogen (secondary N) is 1. The molecular weight excluding hydrogens is 318 g/mol. The maximum atomic E-state index is 8.62. The lowest BCUT2D eigenvalue weighted by Crippen LogP contribution is -2.19. The lowest BCUT2D eigenvalue weighted by atomic mass is 10.2. The molecule has 0 aliphatic carbocycles. The fourth-order valence-electron chi connectivity index (χ4n) is 2.99. The van der Waals surface area contributed by atoms with Crippen molar-refractivity contribution < 1.29 is 0 Å². The van der Waals surface area contributed by atoms with Crippen molar-refractivity contribution in [3.63, 3.8) is 0 Å². The molecule has 1 N–H and O–H groups in total. The van der Waals surface area contributed by atoms with Gasteiger partial charge in [0.25, 0.3) is 0 Å². The average molecular weight is 335 g/mol. The van der Waals surface area contributed by atoms with Gasteiger partial charge in [-0.25, -0.2) is 9.97 Å². The fraction of sp³-hybridized carbons (Fsp3) is 0.167. The third-order valence-electron chi connectivity index (χ3n) is 4.38. The standard InChI is InChI=1S/C18H17N5S/c1-12-13(2)22(10-14-6-4-3-5-7-14)17-15(12)16(19)23(11-21-17)18-20-8-9-24-18/h3-9,11,19H,10H2,1-2H3. The van der Waals surface area contributed by atoms with Crippen molar-refractivity contribution in [1.82, 2.24) is 19.1 Å². The molecule has 0 fully saturated rings. The summed E-state index contributed by atoms with van der Waals surface area (Å²) in [5, 5.41) is 12.2. The third-order valence-corrected chi connectivity index (χ3v) is 5.15. The molecule has 3 aromatic heterocycles. The van der Waals surface area contributed by atoms with Crippen LogP contribution in [-0.2, 0) is 6.54 Å². The number of benzene rings is 1. The van der Waals surface area contributed by atoms with Crippen LogP contribution in [0.2, 0.25) is 0 Å². The fourth-order valence-corrected chi connectivity index (χ4v) is 3.61. The molecule has 4 aromatic rings. The molecule has 0 saturated heterocycles. The molecule has 0 bridgehead atoms. The Labute approximate surface area is 143 Å². The topological polar surface area (TPSA) is 59.5 Å². The smallest absolute Gasteiger partial charge is 0.196 e. The van der Waals surface area contributed by atoms with E-state index in [1.807, 2.05) is 23.6 Å². The average Bonchev–Trinajstić information content (AvgIpc) is 3.20. The monoisotopic (exact) mass is 335 g/mol. The second-order valence-electron chi connectivity index (χ2n) is 5.76. The predicted octanol–water partition coefficient (Wildman–Crippen LogP) is 3.43. The van der Waals surface area contributed by atoms with E-state index in [2.05, 4.69) is 40.5 Å². The minimum absolute atomic E-state index is 0.433. The quantitative estimate of drug-likeness (QED) is 0.623. The van der Waals surface area contributed by atoms with Crippen molar-refractivity contribution in [1.29, 1.82) is 5.41 Å². The lowest BCUT2D eigenvalue weighted by molar-refractivity contribution is 0.785. The Morgan fingerprint density at radius 2 is 1.92 bits per heavy atom. The number of hydrogen-bond donors (Lipinski definition) is 1. The van der Waals surface area contributed by atoms with Gasteiger partial charge in [-0.15, -0.1) is 11.3 Å². The molecular formula is C18H17N5S. The van der Waals surface area contributed by atoms with E-state index in [1.54, 1.807) is 17.1 Å². The highest BCUT2D eigenvalue weighted by Gasteiger charge is 2.16. The molecule has 0 atom stereocenters. The van der Waals surface area contributed by atoms with Gasteiger partial charge in [0.15, 0.2) is 5.13 Å². The number of nitrogens with zero attached hydrogens (tertiary/aromatic N) is 4. The van der Waals surface area contributed by atoms with Gasteiger partial charge in [-0.3, -0.25) is 9.98 Å². The van der Waals surface area contributed by atoms with Crippen LogP contribution in [0, 0.1) is 19.3 Å². The van der Waals surface area contributed by atoms with Crippen molar-refractivity contribution in [3.05, 3.63) is 70.5 Å². The largest absolute Gasteiger partial charge is 0.325 e. The van der Waals surface area contributed by atoms with E-state index in [1.165, 1.54) is 16.9 Å². The second kappa shape index (κ2) is 5.72. The van der Waals surface area contributed by atoms with E-state index in [-0.39, 0.29) is 0 Å². The van der Waals surface area contributed by atoms with Crippen molar-refractivity contribution in [2.75, 3.05) is 0 Å². The van der Waals surface area contributed by atoms with Gasteiger partial charge in [0.05, 0.1) is 5.39 Å². The number of aryl methyl sites for hydroxylation is 1. The zero-order valence-electron chi connectivity index (χ0n) is 13.5. The molecule has 0 radical (unpaired) electrons. The van der Waals surface area contributed by atoms with Crippen LogP contribution in [0.1, 0.15) is 16.8 Å². The maximum Gasteiger partial charge on any atom is 0.196 e. The first-order chi connectivity index (χ1) is 11.7. The van der Waals surface area contributed by atoms with Gasteiger partial charge in [0, 0.05) is 23.8 Å². The summed E-state index contributed by atoms with van der Waals surface area (Å²) in [6, 6.07) is 10.3. The molecule has 3 heterocycles. The lowest BCUT2D eigenvalue weighted by Gasteiger charge is -2.08. The summed E-state index contributed by atoms with van der Waals surface area (Å²) in [5.41, 5.74) is 4.76. The summed E-state index contributed by atoms with van der Waals surface area (Å²) in [6.07, 6.45) is 3.44. The van der Waals surface area contributed by atoms with Crippen LogP contribution >= 0.6 is 11.3 Å². The normalized spacial score (nSPS) is 11.2. The van der Waals surface area contributed by atoms with E-state index in [0.29, 0.717) is 5.49 Å². The van der Waals surface area contributed by atoms with Gasteiger partial charge in [-0.1, -0.05) is 30.3 Å². The number of rotatable bonds is 3. The summed E-state index contributed by atoms with van der Waals surface area (Å²) < 4.78 is 3.93. The van der Waals surface area contributed by atoms with Crippen LogP contribution in [0.3, 0.4) is 0 Å². The molecule has 0 saturated carbocycles. The SMILES string of the molecule is Cc1c(C)n(Cc2ccccc2)c2ncn(-c3nccs3)c(=N)c12. The summed E-state index contributed by atoms with van der Waals surface area (Å²) in [6.45, 7) is 4.91. The van der Waals surface area contributed by atoms with Gasteiger partial charge in [-0.2, -0.15) is 0 Å². The van der Waals surface area contributed by atoms with Crippen molar-refractivity contribution >= 4 is 22.4 Å². The Balaban J connectivity index is 1.93. The first-order valence-corrected chi connectivity index (χ1v) is 8.60. The van der Waals surface area contributed by atoms with E-state index >= 15 is 0 Å². The third kappa shape index (κ3) is 2.27. The molecule has 4 rings (SSSR count). The number of fused-ring (bicyclic) bond motifs is 1.